The average molecular weight is 327 g/mol. The van der Waals surface area contributed by atoms with Crippen LogP contribution in [0.25, 0.3) is 0 Å². The van der Waals surface area contributed by atoms with E-state index in [2.05, 4.69) is 22.8 Å². The van der Waals surface area contributed by atoms with Crippen molar-refractivity contribution in [1.82, 2.24) is 10.2 Å². The van der Waals surface area contributed by atoms with Gasteiger partial charge in [0.25, 0.3) is 0 Å². The Balaban J connectivity index is 1.39. The van der Waals surface area contributed by atoms with Gasteiger partial charge in [0.1, 0.15) is 0 Å². The smallest absolute Gasteiger partial charge is 0.321 e. The highest BCUT2D eigenvalue weighted by molar-refractivity contribution is 5.89. The molecule has 2 N–H and O–H groups in total. The zero-order valence-corrected chi connectivity index (χ0v) is 13.9. The number of nitrogens with zero attached hydrogens (tertiary/aromatic N) is 1. The first kappa shape index (κ1) is 16.6. The van der Waals surface area contributed by atoms with Crippen LogP contribution in [0.15, 0.2) is 42.5 Å². The van der Waals surface area contributed by atoms with E-state index in [1.807, 2.05) is 35.2 Å². The summed E-state index contributed by atoms with van der Waals surface area (Å²) in [6.45, 7) is 1.35. The van der Waals surface area contributed by atoms with Crippen molar-refractivity contribution in [2.24, 2.45) is 5.92 Å². The lowest BCUT2D eigenvalue weighted by Gasteiger charge is -2.32. The molecule has 1 aliphatic heterocycles. The molecule has 1 aromatic carbocycles. The molecule has 1 aliphatic carbocycles. The van der Waals surface area contributed by atoms with Crippen LogP contribution in [0.3, 0.4) is 0 Å². The first-order valence-electron chi connectivity index (χ1n) is 8.78. The fraction of sp³-hybridized carbons (Fsp3) is 0.474. The van der Waals surface area contributed by atoms with E-state index < -0.39 is 0 Å². The number of amides is 3. The van der Waals surface area contributed by atoms with Crippen LogP contribution < -0.4 is 10.6 Å². The molecule has 1 heterocycles. The Kier molecular flexibility index (Phi) is 5.51. The molecule has 5 heteroatoms. The summed E-state index contributed by atoms with van der Waals surface area (Å²) in [5.74, 6) is 0.542. The van der Waals surface area contributed by atoms with Crippen LogP contribution in [0.2, 0.25) is 0 Å². The minimum absolute atomic E-state index is 0.0675. The van der Waals surface area contributed by atoms with Gasteiger partial charge in [0, 0.05) is 31.2 Å². The Bertz CT molecular complexity index is 592. The van der Waals surface area contributed by atoms with Crippen molar-refractivity contribution >= 4 is 17.6 Å². The quantitative estimate of drug-likeness (QED) is 0.835. The standard InChI is InChI=1S/C19H25N3O2/c23-18(14-15-6-4-5-7-15)20-17-10-12-22(13-11-17)19(24)21-16-8-2-1-3-9-16/h1-4,6,8-9,15,17H,5,7,10-14H2,(H,20,23)(H,21,24). The molecule has 0 radical (unpaired) electrons. The van der Waals surface area contributed by atoms with E-state index in [1.165, 1.54) is 0 Å². The second-order valence-corrected chi connectivity index (χ2v) is 6.59. The number of para-hydroxylation sites is 1. The van der Waals surface area contributed by atoms with Crippen molar-refractivity contribution in [3.8, 4) is 0 Å². The Labute approximate surface area is 143 Å². The SMILES string of the molecule is O=C(CC1C=CCC1)NC1CCN(C(=O)Nc2ccccc2)CC1. The summed E-state index contributed by atoms with van der Waals surface area (Å²) >= 11 is 0. The van der Waals surface area contributed by atoms with E-state index in [4.69, 9.17) is 0 Å². The monoisotopic (exact) mass is 327 g/mol. The van der Waals surface area contributed by atoms with Gasteiger partial charge in [-0.1, -0.05) is 30.4 Å². The van der Waals surface area contributed by atoms with Gasteiger partial charge < -0.3 is 15.5 Å². The Morgan fingerprint density at radius 3 is 2.50 bits per heavy atom. The van der Waals surface area contributed by atoms with Gasteiger partial charge in [0.15, 0.2) is 0 Å². The van der Waals surface area contributed by atoms with Gasteiger partial charge in [-0.2, -0.15) is 0 Å². The van der Waals surface area contributed by atoms with Gasteiger partial charge in [0.05, 0.1) is 0 Å². The van der Waals surface area contributed by atoms with Gasteiger partial charge in [-0.15, -0.1) is 0 Å². The highest BCUT2D eigenvalue weighted by Gasteiger charge is 2.24. The van der Waals surface area contributed by atoms with Gasteiger partial charge in [-0.3, -0.25) is 4.79 Å². The fourth-order valence-corrected chi connectivity index (χ4v) is 3.34. The molecule has 0 bridgehead atoms. The third kappa shape index (κ3) is 4.60. The third-order valence-corrected chi connectivity index (χ3v) is 4.73. The number of hydrogen-bond donors (Lipinski definition) is 2. The van der Waals surface area contributed by atoms with Crippen LogP contribution in [-0.4, -0.2) is 36.0 Å². The molecule has 1 saturated heterocycles. The van der Waals surface area contributed by atoms with E-state index in [-0.39, 0.29) is 18.0 Å². The Morgan fingerprint density at radius 2 is 1.83 bits per heavy atom. The number of carbonyl (C=O) groups is 2. The third-order valence-electron chi connectivity index (χ3n) is 4.73. The van der Waals surface area contributed by atoms with Crippen LogP contribution in [0, 0.1) is 5.92 Å². The highest BCUT2D eigenvalue weighted by atomic mass is 16.2. The summed E-state index contributed by atoms with van der Waals surface area (Å²) in [7, 11) is 0. The van der Waals surface area contributed by atoms with Crippen molar-refractivity contribution in [3.63, 3.8) is 0 Å². The summed E-state index contributed by atoms with van der Waals surface area (Å²) in [6, 6.07) is 9.59. The number of carbonyl (C=O) groups excluding carboxylic acids is 2. The Morgan fingerprint density at radius 1 is 1.08 bits per heavy atom. The second kappa shape index (κ2) is 7.99. The van der Waals surface area contributed by atoms with E-state index in [1.54, 1.807) is 0 Å². The van der Waals surface area contributed by atoms with Crippen LogP contribution >= 0.6 is 0 Å². The maximum atomic E-state index is 12.2. The van der Waals surface area contributed by atoms with Gasteiger partial charge in [-0.25, -0.2) is 4.79 Å². The predicted octanol–water partition coefficient (Wildman–Crippen LogP) is 3.16. The van der Waals surface area contributed by atoms with E-state index >= 15 is 0 Å². The van der Waals surface area contributed by atoms with E-state index in [0.29, 0.717) is 25.4 Å². The number of allylic oxidation sites excluding steroid dienone is 2. The number of urea groups is 1. The molecule has 5 nitrogen and oxygen atoms in total. The predicted molar refractivity (Wildman–Crippen MR) is 94.7 cm³/mol. The van der Waals surface area contributed by atoms with Gasteiger partial charge in [-0.05, 0) is 43.7 Å². The molecule has 1 fully saturated rings. The molecule has 1 atom stereocenters. The van der Waals surface area contributed by atoms with Gasteiger partial charge >= 0.3 is 6.03 Å². The maximum absolute atomic E-state index is 12.2. The summed E-state index contributed by atoms with van der Waals surface area (Å²) in [4.78, 5) is 26.1. The van der Waals surface area contributed by atoms with Crippen molar-refractivity contribution in [2.45, 2.75) is 38.1 Å². The minimum Gasteiger partial charge on any atom is -0.353 e. The van der Waals surface area contributed by atoms with Crippen molar-refractivity contribution in [1.29, 1.82) is 0 Å². The number of anilines is 1. The highest BCUT2D eigenvalue weighted by Crippen LogP contribution is 2.20. The van der Waals surface area contributed by atoms with Crippen LogP contribution in [0.5, 0.6) is 0 Å². The van der Waals surface area contributed by atoms with E-state index in [0.717, 1.165) is 31.4 Å². The molecule has 0 saturated carbocycles. The minimum atomic E-state index is -0.0675. The number of benzene rings is 1. The topological polar surface area (TPSA) is 61.4 Å². The number of hydrogen-bond acceptors (Lipinski definition) is 2. The molecule has 3 rings (SSSR count). The lowest BCUT2D eigenvalue weighted by Crippen LogP contribution is -2.47. The molecule has 2 aliphatic rings. The summed E-state index contributed by atoms with van der Waals surface area (Å²) in [5, 5.41) is 6.03. The lowest BCUT2D eigenvalue weighted by atomic mass is 10.0. The molecule has 1 aromatic rings. The molecule has 3 amide bonds. The van der Waals surface area contributed by atoms with Crippen LogP contribution in [0.1, 0.15) is 32.1 Å². The second-order valence-electron chi connectivity index (χ2n) is 6.59. The number of piperidine rings is 1. The van der Waals surface area contributed by atoms with Gasteiger partial charge in [0.2, 0.25) is 5.91 Å². The Hall–Kier alpha value is -2.30. The first-order valence-corrected chi connectivity index (χ1v) is 8.78. The average Bonchev–Trinajstić information content (AvgIpc) is 3.09. The molecule has 24 heavy (non-hydrogen) atoms. The fourth-order valence-electron chi connectivity index (χ4n) is 3.34. The molecular formula is C19H25N3O2. The van der Waals surface area contributed by atoms with Crippen LogP contribution in [-0.2, 0) is 4.79 Å². The van der Waals surface area contributed by atoms with E-state index in [9.17, 15) is 9.59 Å². The molecule has 0 spiro atoms. The molecule has 128 valence electrons. The lowest BCUT2D eigenvalue weighted by molar-refractivity contribution is -0.122. The first-order chi connectivity index (χ1) is 11.7. The number of nitrogens with one attached hydrogen (secondary N) is 2. The molecular weight excluding hydrogens is 302 g/mol. The number of likely N-dealkylation sites (tertiary alicyclic amines) is 1. The molecule has 1 unspecified atom stereocenters. The summed E-state index contributed by atoms with van der Waals surface area (Å²) in [6.07, 6.45) is 8.70. The largest absolute Gasteiger partial charge is 0.353 e. The van der Waals surface area contributed by atoms with Crippen molar-refractivity contribution < 1.29 is 9.59 Å². The number of rotatable bonds is 4. The summed E-state index contributed by atoms with van der Waals surface area (Å²) in [5.41, 5.74) is 0.808. The summed E-state index contributed by atoms with van der Waals surface area (Å²) < 4.78 is 0. The maximum Gasteiger partial charge on any atom is 0.321 e. The van der Waals surface area contributed by atoms with Crippen LogP contribution in [0.4, 0.5) is 10.5 Å². The normalized spacial score (nSPS) is 20.8. The van der Waals surface area contributed by atoms with Crippen molar-refractivity contribution in [2.75, 3.05) is 18.4 Å². The molecule has 0 aromatic heterocycles. The zero-order chi connectivity index (χ0) is 16.8. The zero-order valence-electron chi connectivity index (χ0n) is 13.9. The van der Waals surface area contributed by atoms with Crippen molar-refractivity contribution in [3.05, 3.63) is 42.5 Å².